The van der Waals surface area contributed by atoms with Crippen LogP contribution in [0.1, 0.15) is 51.5 Å². The smallest absolute Gasteiger partial charge is 0.339 e. The van der Waals surface area contributed by atoms with Gasteiger partial charge in [0.2, 0.25) is 5.78 Å². The van der Waals surface area contributed by atoms with Crippen LogP contribution in [0, 0.1) is 13.8 Å². The lowest BCUT2D eigenvalue weighted by molar-refractivity contribution is 0.0599. The fourth-order valence-electron chi connectivity index (χ4n) is 2.59. The molecule has 0 saturated heterocycles. The maximum Gasteiger partial charge on any atom is 0.339 e. The summed E-state index contributed by atoms with van der Waals surface area (Å²) in [5.41, 5.74) is 2.91. The van der Waals surface area contributed by atoms with Crippen LogP contribution < -0.4 is 4.74 Å². The summed E-state index contributed by atoms with van der Waals surface area (Å²) in [7, 11) is 1.32. The average Bonchev–Trinajstić information content (AvgIpc) is 2.87. The molecular formula is C20H23NO4. The molecule has 0 spiro atoms. The number of benzene rings is 1. The summed E-state index contributed by atoms with van der Waals surface area (Å²) in [5.74, 6) is 0.144. The third kappa shape index (κ3) is 4.38. The second-order valence-electron chi connectivity index (χ2n) is 6.05. The van der Waals surface area contributed by atoms with E-state index in [0.717, 1.165) is 11.3 Å². The van der Waals surface area contributed by atoms with Crippen LogP contribution in [0.3, 0.4) is 0 Å². The Bertz CT molecular complexity index is 798. The zero-order valence-corrected chi connectivity index (χ0v) is 15.2. The van der Waals surface area contributed by atoms with E-state index in [1.807, 2.05) is 38.1 Å². The van der Waals surface area contributed by atoms with Gasteiger partial charge >= 0.3 is 5.97 Å². The molecule has 1 aromatic carbocycles. The lowest BCUT2D eigenvalue weighted by Gasteiger charge is -2.09. The molecule has 0 atom stereocenters. The average molecular weight is 341 g/mol. The quantitative estimate of drug-likeness (QED) is 0.488. The standard InChI is InChI=1S/C20H23NO4/c1-12(2)25-16-9-6-15(7-10-16)8-11-17(22)19-13(3)18(14(4)21-19)20(23)24-5/h6-12,21H,1-5H3. The van der Waals surface area contributed by atoms with Gasteiger partial charge in [0.15, 0.2) is 0 Å². The number of carbonyl (C=O) groups excluding carboxylic acids is 2. The molecule has 0 radical (unpaired) electrons. The Morgan fingerprint density at radius 2 is 1.76 bits per heavy atom. The zero-order valence-electron chi connectivity index (χ0n) is 15.2. The molecule has 2 rings (SSSR count). The maximum atomic E-state index is 12.4. The van der Waals surface area contributed by atoms with Gasteiger partial charge in [-0.1, -0.05) is 18.2 Å². The minimum atomic E-state index is -0.449. The summed E-state index contributed by atoms with van der Waals surface area (Å²) in [4.78, 5) is 27.2. The van der Waals surface area contributed by atoms with Crippen LogP contribution in [-0.4, -0.2) is 30.0 Å². The summed E-state index contributed by atoms with van der Waals surface area (Å²) < 4.78 is 10.3. The number of ether oxygens (including phenoxy) is 2. The van der Waals surface area contributed by atoms with Gasteiger partial charge in [0, 0.05) is 5.69 Å². The number of ketones is 1. The second-order valence-corrected chi connectivity index (χ2v) is 6.05. The Hall–Kier alpha value is -2.82. The van der Waals surface area contributed by atoms with Crippen molar-refractivity contribution in [3.63, 3.8) is 0 Å². The van der Waals surface area contributed by atoms with E-state index in [-0.39, 0.29) is 11.9 Å². The molecule has 0 unspecified atom stereocenters. The molecule has 1 aromatic heterocycles. The minimum Gasteiger partial charge on any atom is -0.491 e. The predicted octanol–water partition coefficient (Wildman–Crippen LogP) is 4.10. The molecule has 5 heteroatoms. The summed E-state index contributed by atoms with van der Waals surface area (Å²) in [6.45, 7) is 7.41. The van der Waals surface area contributed by atoms with Crippen molar-refractivity contribution >= 4 is 17.8 Å². The third-order valence-electron chi connectivity index (χ3n) is 3.75. The van der Waals surface area contributed by atoms with Gasteiger partial charge in [0.1, 0.15) is 5.75 Å². The van der Waals surface area contributed by atoms with Crippen LogP contribution in [0.15, 0.2) is 30.3 Å². The van der Waals surface area contributed by atoms with Gasteiger partial charge < -0.3 is 14.5 Å². The van der Waals surface area contributed by atoms with E-state index in [4.69, 9.17) is 9.47 Å². The lowest BCUT2D eigenvalue weighted by Crippen LogP contribution is -2.05. The highest BCUT2D eigenvalue weighted by molar-refractivity contribution is 6.08. The van der Waals surface area contributed by atoms with Crippen molar-refractivity contribution in [2.45, 2.75) is 33.8 Å². The fraction of sp³-hybridized carbons (Fsp3) is 0.300. The topological polar surface area (TPSA) is 68.4 Å². The highest BCUT2D eigenvalue weighted by atomic mass is 16.5. The van der Waals surface area contributed by atoms with Crippen molar-refractivity contribution in [3.8, 4) is 5.75 Å². The molecule has 0 aliphatic rings. The fourth-order valence-corrected chi connectivity index (χ4v) is 2.59. The Morgan fingerprint density at radius 3 is 2.32 bits per heavy atom. The SMILES string of the molecule is COC(=O)c1c(C)[nH]c(C(=O)C=Cc2ccc(OC(C)C)cc2)c1C. The largest absolute Gasteiger partial charge is 0.491 e. The number of carbonyl (C=O) groups is 2. The molecule has 0 aliphatic carbocycles. The van der Waals surface area contributed by atoms with Gasteiger partial charge in [-0.15, -0.1) is 0 Å². The summed E-state index contributed by atoms with van der Waals surface area (Å²) in [6, 6.07) is 7.50. The van der Waals surface area contributed by atoms with Crippen LogP contribution in [0.2, 0.25) is 0 Å². The number of aromatic amines is 1. The van der Waals surface area contributed by atoms with Gasteiger partial charge in [0.05, 0.1) is 24.5 Å². The van der Waals surface area contributed by atoms with Gasteiger partial charge in [-0.05, 0) is 57.0 Å². The molecule has 2 aromatic rings. The molecule has 0 fully saturated rings. The van der Waals surface area contributed by atoms with Crippen LogP contribution in [0.5, 0.6) is 5.75 Å². The van der Waals surface area contributed by atoms with Crippen LogP contribution in [0.25, 0.3) is 6.08 Å². The summed E-state index contributed by atoms with van der Waals surface area (Å²) >= 11 is 0. The Morgan fingerprint density at radius 1 is 1.12 bits per heavy atom. The zero-order chi connectivity index (χ0) is 18.6. The Balaban J connectivity index is 2.17. The number of aromatic nitrogens is 1. The van der Waals surface area contributed by atoms with Gasteiger partial charge in [-0.3, -0.25) is 4.79 Å². The Labute approximate surface area is 147 Å². The van der Waals surface area contributed by atoms with E-state index < -0.39 is 5.97 Å². The molecule has 1 N–H and O–H groups in total. The van der Waals surface area contributed by atoms with E-state index >= 15 is 0 Å². The molecule has 25 heavy (non-hydrogen) atoms. The molecule has 1 heterocycles. The summed E-state index contributed by atoms with van der Waals surface area (Å²) in [6.07, 6.45) is 3.33. The van der Waals surface area contributed by atoms with Crippen molar-refractivity contribution in [2.75, 3.05) is 7.11 Å². The van der Waals surface area contributed by atoms with Crippen LogP contribution in [0.4, 0.5) is 0 Å². The number of allylic oxidation sites excluding steroid dienone is 1. The molecule has 5 nitrogen and oxygen atoms in total. The van der Waals surface area contributed by atoms with Crippen LogP contribution in [-0.2, 0) is 4.74 Å². The minimum absolute atomic E-state index is 0.117. The van der Waals surface area contributed by atoms with Crippen molar-refractivity contribution in [3.05, 3.63) is 58.4 Å². The van der Waals surface area contributed by atoms with E-state index in [0.29, 0.717) is 22.5 Å². The molecule has 0 bridgehead atoms. The number of H-pyrrole nitrogens is 1. The maximum absolute atomic E-state index is 12.4. The monoisotopic (exact) mass is 341 g/mol. The second kappa shape index (κ2) is 7.83. The van der Waals surface area contributed by atoms with Crippen LogP contribution >= 0.6 is 0 Å². The number of rotatable bonds is 6. The number of hydrogen-bond donors (Lipinski definition) is 1. The first-order valence-corrected chi connectivity index (χ1v) is 8.10. The molecular weight excluding hydrogens is 318 g/mol. The van der Waals surface area contributed by atoms with E-state index in [9.17, 15) is 9.59 Å². The summed E-state index contributed by atoms with van der Waals surface area (Å²) in [5, 5.41) is 0. The van der Waals surface area contributed by atoms with Crippen molar-refractivity contribution in [1.82, 2.24) is 4.98 Å². The molecule has 0 saturated carbocycles. The lowest BCUT2D eigenvalue weighted by atomic mass is 10.1. The van der Waals surface area contributed by atoms with Crippen molar-refractivity contribution in [1.29, 1.82) is 0 Å². The van der Waals surface area contributed by atoms with Gasteiger partial charge in [-0.2, -0.15) is 0 Å². The number of nitrogens with one attached hydrogen (secondary N) is 1. The molecule has 0 amide bonds. The molecule has 0 aliphatic heterocycles. The third-order valence-corrected chi connectivity index (χ3v) is 3.75. The van der Waals surface area contributed by atoms with E-state index in [2.05, 4.69) is 4.98 Å². The number of aryl methyl sites for hydroxylation is 1. The van der Waals surface area contributed by atoms with E-state index in [1.54, 1.807) is 19.9 Å². The molecule has 132 valence electrons. The Kier molecular flexibility index (Phi) is 5.80. The first-order chi connectivity index (χ1) is 11.8. The first kappa shape index (κ1) is 18.5. The number of esters is 1. The number of methoxy groups -OCH3 is 1. The highest BCUT2D eigenvalue weighted by Gasteiger charge is 2.21. The number of hydrogen-bond acceptors (Lipinski definition) is 4. The normalized spacial score (nSPS) is 11.1. The van der Waals surface area contributed by atoms with Crippen molar-refractivity contribution < 1.29 is 19.1 Å². The highest BCUT2D eigenvalue weighted by Crippen LogP contribution is 2.20. The van der Waals surface area contributed by atoms with E-state index in [1.165, 1.54) is 13.2 Å². The first-order valence-electron chi connectivity index (χ1n) is 8.10. The van der Waals surface area contributed by atoms with Gasteiger partial charge in [0.25, 0.3) is 0 Å². The predicted molar refractivity (Wildman–Crippen MR) is 97.2 cm³/mol. The van der Waals surface area contributed by atoms with Crippen molar-refractivity contribution in [2.24, 2.45) is 0 Å². The van der Waals surface area contributed by atoms with Gasteiger partial charge in [-0.25, -0.2) is 4.79 Å².